The molecule has 2 aromatic heterocycles. The van der Waals surface area contributed by atoms with Crippen molar-refractivity contribution >= 4 is 17.5 Å². The van der Waals surface area contributed by atoms with Gasteiger partial charge < -0.3 is 20.7 Å². The molecule has 0 saturated carbocycles. The van der Waals surface area contributed by atoms with Crippen molar-refractivity contribution in [3.8, 4) is 17.0 Å². The van der Waals surface area contributed by atoms with Crippen LogP contribution in [0.15, 0.2) is 55.1 Å². The Balaban J connectivity index is 1.84. The second kappa shape index (κ2) is 10.9. The summed E-state index contributed by atoms with van der Waals surface area (Å²) in [5.74, 6) is 1.23. The highest BCUT2D eigenvalue weighted by molar-refractivity contribution is 5.91. The summed E-state index contributed by atoms with van der Waals surface area (Å²) in [4.78, 5) is 25.0. The van der Waals surface area contributed by atoms with Crippen LogP contribution in [0.5, 0.6) is 5.75 Å². The zero-order chi connectivity index (χ0) is 22.1. The van der Waals surface area contributed by atoms with Gasteiger partial charge in [-0.2, -0.15) is 0 Å². The molecule has 0 fully saturated rings. The van der Waals surface area contributed by atoms with Gasteiger partial charge in [-0.25, -0.2) is 9.78 Å². The van der Waals surface area contributed by atoms with Crippen LogP contribution >= 0.6 is 0 Å². The largest absolute Gasteiger partial charge is 0.495 e. The van der Waals surface area contributed by atoms with E-state index >= 15 is 0 Å². The molecule has 3 rings (SSSR count). The van der Waals surface area contributed by atoms with Crippen molar-refractivity contribution in [3.05, 3.63) is 60.7 Å². The fourth-order valence-electron chi connectivity index (χ4n) is 3.20. The van der Waals surface area contributed by atoms with Crippen molar-refractivity contribution in [3.63, 3.8) is 0 Å². The van der Waals surface area contributed by atoms with Crippen LogP contribution in [0, 0.1) is 0 Å². The first-order valence-electron chi connectivity index (χ1n) is 10.3. The van der Waals surface area contributed by atoms with E-state index in [1.165, 1.54) is 0 Å². The average Bonchev–Trinajstić information content (AvgIpc) is 2.82. The SMILES string of the molecule is CCCC[C@H](Nc1cncc(-c2ccc(NC(=O)NC)c(OC)c2)n1)c1cccnc1. The molecule has 0 radical (unpaired) electrons. The predicted molar refractivity (Wildman–Crippen MR) is 122 cm³/mol. The van der Waals surface area contributed by atoms with Gasteiger partial charge in [-0.15, -0.1) is 0 Å². The lowest BCUT2D eigenvalue weighted by atomic mass is 10.0. The molecule has 0 bridgehead atoms. The maximum absolute atomic E-state index is 11.6. The number of hydrogen-bond donors (Lipinski definition) is 3. The number of urea groups is 1. The van der Waals surface area contributed by atoms with Crippen molar-refractivity contribution < 1.29 is 9.53 Å². The molecule has 0 aliphatic heterocycles. The first-order valence-corrected chi connectivity index (χ1v) is 10.3. The van der Waals surface area contributed by atoms with Gasteiger partial charge in [-0.3, -0.25) is 9.97 Å². The van der Waals surface area contributed by atoms with Crippen LogP contribution in [-0.2, 0) is 0 Å². The summed E-state index contributed by atoms with van der Waals surface area (Å²) < 4.78 is 5.44. The Hall–Kier alpha value is -3.68. The van der Waals surface area contributed by atoms with E-state index in [4.69, 9.17) is 9.72 Å². The van der Waals surface area contributed by atoms with Crippen molar-refractivity contribution in [1.82, 2.24) is 20.3 Å². The van der Waals surface area contributed by atoms with E-state index in [1.54, 1.807) is 38.8 Å². The van der Waals surface area contributed by atoms with E-state index in [1.807, 2.05) is 24.4 Å². The molecule has 3 N–H and O–H groups in total. The van der Waals surface area contributed by atoms with Gasteiger partial charge >= 0.3 is 6.03 Å². The fourth-order valence-corrected chi connectivity index (χ4v) is 3.20. The maximum atomic E-state index is 11.6. The van der Waals surface area contributed by atoms with Gasteiger partial charge in [0, 0.05) is 25.0 Å². The molecule has 3 aromatic rings. The summed E-state index contributed by atoms with van der Waals surface area (Å²) in [6.07, 6.45) is 10.3. The Morgan fingerprint density at radius 1 is 1.16 bits per heavy atom. The fraction of sp³-hybridized carbons (Fsp3) is 0.304. The topological polar surface area (TPSA) is 101 Å². The monoisotopic (exact) mass is 420 g/mol. The summed E-state index contributed by atoms with van der Waals surface area (Å²) in [5.41, 5.74) is 3.23. The number of nitrogens with zero attached hydrogens (tertiary/aromatic N) is 3. The van der Waals surface area contributed by atoms with E-state index < -0.39 is 0 Å². The zero-order valence-electron chi connectivity index (χ0n) is 18.1. The molecule has 162 valence electrons. The Bertz CT molecular complexity index is 996. The molecular formula is C23H28N6O2. The van der Waals surface area contributed by atoms with Gasteiger partial charge in [-0.1, -0.05) is 31.9 Å². The molecule has 0 unspecified atom stereocenters. The molecule has 0 saturated heterocycles. The highest BCUT2D eigenvalue weighted by Crippen LogP contribution is 2.31. The van der Waals surface area contributed by atoms with Crippen LogP contribution in [0.3, 0.4) is 0 Å². The van der Waals surface area contributed by atoms with Crippen LogP contribution in [0.2, 0.25) is 0 Å². The molecule has 0 aliphatic carbocycles. The summed E-state index contributed by atoms with van der Waals surface area (Å²) in [6, 6.07) is 9.29. The van der Waals surface area contributed by atoms with Crippen molar-refractivity contribution in [2.75, 3.05) is 24.8 Å². The van der Waals surface area contributed by atoms with Crippen molar-refractivity contribution in [1.29, 1.82) is 0 Å². The number of nitrogens with one attached hydrogen (secondary N) is 3. The predicted octanol–water partition coefficient (Wildman–Crippen LogP) is 4.64. The number of carbonyl (C=O) groups excluding carboxylic acids is 1. The van der Waals surface area contributed by atoms with Gasteiger partial charge in [-0.05, 0) is 30.2 Å². The molecule has 0 aliphatic rings. The third-order valence-corrected chi connectivity index (χ3v) is 4.86. The Labute approximate surface area is 182 Å². The van der Waals surface area contributed by atoms with Gasteiger partial charge in [0.25, 0.3) is 0 Å². The number of anilines is 2. The number of ether oxygens (including phenoxy) is 1. The average molecular weight is 421 g/mol. The van der Waals surface area contributed by atoms with E-state index in [-0.39, 0.29) is 12.1 Å². The lowest BCUT2D eigenvalue weighted by Gasteiger charge is -2.19. The number of methoxy groups -OCH3 is 1. The quantitative estimate of drug-likeness (QED) is 0.466. The van der Waals surface area contributed by atoms with E-state index in [9.17, 15) is 4.79 Å². The molecular weight excluding hydrogens is 392 g/mol. The lowest BCUT2D eigenvalue weighted by Crippen LogP contribution is -2.24. The number of unbranched alkanes of at least 4 members (excludes halogenated alkanes) is 1. The summed E-state index contributed by atoms with van der Waals surface area (Å²) in [6.45, 7) is 2.18. The van der Waals surface area contributed by atoms with Crippen LogP contribution in [0.25, 0.3) is 11.3 Å². The standard InChI is InChI=1S/C23H28N6O2/c1-4-5-8-18(17-7-6-11-25-13-17)27-22-15-26-14-20(28-22)16-9-10-19(21(12-16)31-3)29-23(30)24-2/h6-7,9-15,18H,4-5,8H2,1-3H3,(H,27,28)(H2,24,29,30)/t18-/m0/s1. The van der Waals surface area contributed by atoms with Gasteiger partial charge in [0.15, 0.2) is 0 Å². The number of pyridine rings is 1. The molecule has 31 heavy (non-hydrogen) atoms. The number of amides is 2. The smallest absolute Gasteiger partial charge is 0.319 e. The Morgan fingerprint density at radius 3 is 2.74 bits per heavy atom. The molecule has 0 spiro atoms. The zero-order valence-corrected chi connectivity index (χ0v) is 18.1. The third kappa shape index (κ3) is 5.91. The van der Waals surface area contributed by atoms with Crippen LogP contribution < -0.4 is 20.7 Å². The second-order valence-corrected chi connectivity index (χ2v) is 7.03. The van der Waals surface area contributed by atoms with E-state index in [2.05, 4.69) is 38.9 Å². The minimum Gasteiger partial charge on any atom is -0.495 e. The molecule has 8 nitrogen and oxygen atoms in total. The first-order chi connectivity index (χ1) is 15.1. The number of carbonyl (C=O) groups is 1. The number of hydrogen-bond acceptors (Lipinski definition) is 6. The highest BCUT2D eigenvalue weighted by atomic mass is 16.5. The van der Waals surface area contributed by atoms with Crippen molar-refractivity contribution in [2.45, 2.75) is 32.2 Å². The Kier molecular flexibility index (Phi) is 7.75. The highest BCUT2D eigenvalue weighted by Gasteiger charge is 2.14. The van der Waals surface area contributed by atoms with Gasteiger partial charge in [0.1, 0.15) is 11.6 Å². The number of aromatic nitrogens is 3. The van der Waals surface area contributed by atoms with Crippen LogP contribution in [0.4, 0.5) is 16.3 Å². The molecule has 1 atom stereocenters. The number of benzene rings is 1. The van der Waals surface area contributed by atoms with Crippen LogP contribution in [0.1, 0.15) is 37.8 Å². The maximum Gasteiger partial charge on any atom is 0.319 e. The summed E-state index contributed by atoms with van der Waals surface area (Å²) in [5, 5.41) is 8.76. The normalized spacial score (nSPS) is 11.5. The first kappa shape index (κ1) is 22.0. The van der Waals surface area contributed by atoms with Gasteiger partial charge in [0.05, 0.1) is 36.9 Å². The minimum absolute atomic E-state index is 0.104. The molecule has 8 heteroatoms. The summed E-state index contributed by atoms with van der Waals surface area (Å²) >= 11 is 0. The summed E-state index contributed by atoms with van der Waals surface area (Å²) in [7, 11) is 3.12. The van der Waals surface area contributed by atoms with Crippen LogP contribution in [-0.4, -0.2) is 35.1 Å². The van der Waals surface area contributed by atoms with E-state index in [0.29, 0.717) is 22.9 Å². The molecule has 2 heterocycles. The second-order valence-electron chi connectivity index (χ2n) is 7.03. The third-order valence-electron chi connectivity index (χ3n) is 4.86. The van der Waals surface area contributed by atoms with Crippen molar-refractivity contribution in [2.24, 2.45) is 0 Å². The minimum atomic E-state index is -0.314. The molecule has 2 amide bonds. The Morgan fingerprint density at radius 2 is 2.03 bits per heavy atom. The van der Waals surface area contributed by atoms with Gasteiger partial charge in [0.2, 0.25) is 0 Å². The number of rotatable bonds is 9. The van der Waals surface area contributed by atoms with E-state index in [0.717, 1.165) is 30.4 Å². The molecule has 1 aromatic carbocycles. The lowest BCUT2D eigenvalue weighted by molar-refractivity contribution is 0.254.